The zero-order valence-electron chi connectivity index (χ0n) is 11.0. The van der Waals surface area contributed by atoms with E-state index in [1.807, 2.05) is 0 Å². The van der Waals surface area contributed by atoms with Gasteiger partial charge in [0.05, 0.1) is 0 Å². The molecule has 17 heavy (non-hydrogen) atoms. The first-order chi connectivity index (χ1) is 7.91. The monoisotopic (exact) mass is 236 g/mol. The molecule has 4 aliphatic rings. The van der Waals surface area contributed by atoms with Gasteiger partial charge in [-0.25, -0.2) is 0 Å². The zero-order valence-corrected chi connectivity index (χ0v) is 11.0. The summed E-state index contributed by atoms with van der Waals surface area (Å²) in [5, 5.41) is 9.05. The lowest BCUT2D eigenvalue weighted by Crippen LogP contribution is -2.53. The van der Waals surface area contributed by atoms with E-state index in [-0.39, 0.29) is 0 Å². The Hall–Kier alpha value is -0.530. The maximum atomic E-state index is 11.0. The molecule has 0 aromatic heterocycles. The van der Waals surface area contributed by atoms with Gasteiger partial charge in [-0.05, 0) is 67.1 Å². The van der Waals surface area contributed by atoms with E-state index >= 15 is 0 Å². The van der Waals surface area contributed by atoms with Crippen LogP contribution in [0.4, 0.5) is 0 Å². The van der Waals surface area contributed by atoms with Crippen LogP contribution in [0.25, 0.3) is 0 Å². The van der Waals surface area contributed by atoms with Gasteiger partial charge in [0.2, 0.25) is 0 Å². The van der Waals surface area contributed by atoms with E-state index in [9.17, 15) is 4.79 Å². The lowest BCUT2D eigenvalue weighted by atomic mass is 9.42. The molecule has 0 heterocycles. The van der Waals surface area contributed by atoms with Crippen LogP contribution >= 0.6 is 0 Å². The Bertz CT molecular complexity index is 333. The highest BCUT2D eigenvalue weighted by molar-refractivity contribution is 5.67. The normalized spacial score (nSPS) is 49.3. The number of carboxylic acid groups (broad SMARTS) is 1. The van der Waals surface area contributed by atoms with Gasteiger partial charge in [-0.3, -0.25) is 4.79 Å². The van der Waals surface area contributed by atoms with E-state index < -0.39 is 5.97 Å². The highest BCUT2D eigenvalue weighted by atomic mass is 16.4. The second kappa shape index (κ2) is 3.49. The topological polar surface area (TPSA) is 37.3 Å². The molecular formula is C15H24O2. The predicted octanol–water partition coefficient (Wildman–Crippen LogP) is 3.70. The molecule has 3 unspecified atom stereocenters. The minimum atomic E-state index is -0.613. The van der Waals surface area contributed by atoms with Crippen molar-refractivity contribution in [2.75, 3.05) is 0 Å². The van der Waals surface area contributed by atoms with Crippen molar-refractivity contribution in [1.82, 2.24) is 0 Å². The third-order valence-electron chi connectivity index (χ3n) is 5.93. The molecule has 96 valence electrons. The number of hydrogen-bond acceptors (Lipinski definition) is 1. The number of carbonyl (C=O) groups is 1. The molecule has 0 saturated heterocycles. The highest BCUT2D eigenvalue weighted by Crippen LogP contribution is 2.67. The average Bonchev–Trinajstić information content (AvgIpc) is 2.11. The van der Waals surface area contributed by atoms with Crippen molar-refractivity contribution in [2.24, 2.45) is 28.6 Å². The molecule has 4 rings (SSSR count). The fourth-order valence-electron chi connectivity index (χ4n) is 5.85. The van der Waals surface area contributed by atoms with Gasteiger partial charge in [-0.1, -0.05) is 13.8 Å². The number of carboxylic acids is 1. The van der Waals surface area contributed by atoms with Gasteiger partial charge in [-0.15, -0.1) is 0 Å². The first-order valence-corrected chi connectivity index (χ1v) is 7.13. The first kappa shape index (κ1) is 11.6. The molecule has 4 bridgehead atoms. The van der Waals surface area contributed by atoms with E-state index in [1.54, 1.807) is 0 Å². The molecule has 0 aliphatic heterocycles. The Balaban J connectivity index is 1.85. The molecule has 0 radical (unpaired) electrons. The van der Waals surface area contributed by atoms with E-state index in [1.165, 1.54) is 38.5 Å². The maximum absolute atomic E-state index is 11.0. The molecule has 2 heteroatoms. The lowest BCUT2D eigenvalue weighted by molar-refractivity contribution is -0.149. The van der Waals surface area contributed by atoms with Gasteiger partial charge < -0.3 is 5.11 Å². The SMILES string of the molecule is CC(CC(=O)O)C12CC3CC(CC(C)(C3)C1)C2. The zero-order chi connectivity index (χ0) is 12.3. The molecule has 0 amide bonds. The van der Waals surface area contributed by atoms with Crippen LogP contribution in [0, 0.1) is 28.6 Å². The summed E-state index contributed by atoms with van der Waals surface area (Å²) < 4.78 is 0. The van der Waals surface area contributed by atoms with Crippen LogP contribution in [0.5, 0.6) is 0 Å². The van der Waals surface area contributed by atoms with Crippen LogP contribution in [0.3, 0.4) is 0 Å². The minimum Gasteiger partial charge on any atom is -0.481 e. The van der Waals surface area contributed by atoms with Crippen LogP contribution < -0.4 is 0 Å². The van der Waals surface area contributed by atoms with Crippen molar-refractivity contribution >= 4 is 5.97 Å². The van der Waals surface area contributed by atoms with Crippen molar-refractivity contribution in [2.45, 2.75) is 58.8 Å². The molecule has 3 atom stereocenters. The number of hydrogen-bond donors (Lipinski definition) is 1. The predicted molar refractivity (Wildman–Crippen MR) is 66.6 cm³/mol. The lowest BCUT2D eigenvalue weighted by Gasteiger charge is -2.63. The van der Waals surface area contributed by atoms with E-state index in [0.29, 0.717) is 23.2 Å². The molecule has 0 spiro atoms. The summed E-state index contributed by atoms with van der Waals surface area (Å²) in [5.41, 5.74) is 0.911. The second-order valence-electron chi connectivity index (χ2n) is 7.63. The van der Waals surface area contributed by atoms with Crippen molar-refractivity contribution in [3.05, 3.63) is 0 Å². The van der Waals surface area contributed by atoms with Crippen LogP contribution in [0.2, 0.25) is 0 Å². The van der Waals surface area contributed by atoms with E-state index in [0.717, 1.165) is 11.8 Å². The Labute approximate surface area is 104 Å². The third kappa shape index (κ3) is 1.80. The molecule has 0 aromatic carbocycles. The Morgan fingerprint density at radius 3 is 2.35 bits per heavy atom. The molecular weight excluding hydrogens is 212 g/mol. The van der Waals surface area contributed by atoms with Gasteiger partial charge in [0.15, 0.2) is 0 Å². The number of aliphatic carboxylic acids is 1. The second-order valence-corrected chi connectivity index (χ2v) is 7.63. The van der Waals surface area contributed by atoms with E-state index in [4.69, 9.17) is 5.11 Å². The van der Waals surface area contributed by atoms with Gasteiger partial charge >= 0.3 is 5.97 Å². The summed E-state index contributed by atoms with van der Waals surface area (Å²) in [7, 11) is 0. The van der Waals surface area contributed by atoms with Gasteiger partial charge in [0.1, 0.15) is 0 Å². The van der Waals surface area contributed by atoms with Crippen LogP contribution in [0.1, 0.15) is 58.8 Å². The summed E-state index contributed by atoms with van der Waals surface area (Å²) in [6.07, 6.45) is 8.53. The highest BCUT2D eigenvalue weighted by Gasteiger charge is 2.57. The Morgan fingerprint density at radius 1 is 1.29 bits per heavy atom. The summed E-state index contributed by atoms with van der Waals surface area (Å²) in [6.45, 7) is 4.64. The average molecular weight is 236 g/mol. The Kier molecular flexibility index (Phi) is 2.37. The van der Waals surface area contributed by atoms with Crippen LogP contribution in [0.15, 0.2) is 0 Å². The van der Waals surface area contributed by atoms with Gasteiger partial charge in [-0.2, -0.15) is 0 Å². The Morgan fingerprint density at radius 2 is 1.88 bits per heavy atom. The van der Waals surface area contributed by atoms with Gasteiger partial charge in [0.25, 0.3) is 0 Å². The van der Waals surface area contributed by atoms with Crippen molar-refractivity contribution in [3.63, 3.8) is 0 Å². The third-order valence-corrected chi connectivity index (χ3v) is 5.93. The first-order valence-electron chi connectivity index (χ1n) is 7.13. The standard InChI is InChI=1S/C15H24O2/c1-10(3-13(16)17)15-7-11-4-12(8-15)6-14(2,5-11)9-15/h10-12H,3-9H2,1-2H3,(H,16,17). The molecule has 2 nitrogen and oxygen atoms in total. The minimum absolute atomic E-state index is 0.366. The summed E-state index contributed by atoms with van der Waals surface area (Å²) in [6, 6.07) is 0. The fourth-order valence-corrected chi connectivity index (χ4v) is 5.85. The van der Waals surface area contributed by atoms with Crippen molar-refractivity contribution in [3.8, 4) is 0 Å². The molecule has 4 saturated carbocycles. The summed E-state index contributed by atoms with van der Waals surface area (Å²) in [4.78, 5) is 11.0. The number of rotatable bonds is 3. The van der Waals surface area contributed by atoms with Gasteiger partial charge in [0, 0.05) is 6.42 Å². The van der Waals surface area contributed by atoms with Crippen molar-refractivity contribution < 1.29 is 9.90 Å². The molecule has 4 fully saturated rings. The molecule has 0 aromatic rings. The smallest absolute Gasteiger partial charge is 0.303 e. The molecule has 1 N–H and O–H groups in total. The van der Waals surface area contributed by atoms with Crippen molar-refractivity contribution in [1.29, 1.82) is 0 Å². The quantitative estimate of drug-likeness (QED) is 0.811. The summed E-state index contributed by atoms with van der Waals surface area (Å²) in [5.74, 6) is 1.55. The van der Waals surface area contributed by atoms with Crippen LogP contribution in [-0.4, -0.2) is 11.1 Å². The van der Waals surface area contributed by atoms with Crippen LogP contribution in [-0.2, 0) is 4.79 Å². The summed E-state index contributed by atoms with van der Waals surface area (Å²) >= 11 is 0. The molecule has 4 aliphatic carbocycles. The fraction of sp³-hybridized carbons (Fsp3) is 0.933. The van der Waals surface area contributed by atoms with E-state index in [2.05, 4.69) is 13.8 Å². The maximum Gasteiger partial charge on any atom is 0.303 e. The largest absolute Gasteiger partial charge is 0.481 e.